The molecule has 0 atom stereocenters. The second-order valence-corrected chi connectivity index (χ2v) is 8.29. The van der Waals surface area contributed by atoms with Gasteiger partial charge >= 0.3 is 0 Å². The van der Waals surface area contributed by atoms with Crippen molar-refractivity contribution in [3.8, 4) is 0 Å². The minimum atomic E-state index is -3.92. The Morgan fingerprint density at radius 1 is 1.10 bits per heavy atom. The van der Waals surface area contributed by atoms with Crippen molar-refractivity contribution >= 4 is 19.7 Å². The maximum Gasteiger partial charge on any atom is 0.296 e. The smallest absolute Gasteiger partial charge is 0.295 e. The summed E-state index contributed by atoms with van der Waals surface area (Å²) in [6, 6.07) is 9.95. The zero-order valence-corrected chi connectivity index (χ0v) is 13.8. The molecule has 0 aliphatic carbocycles. The summed E-state index contributed by atoms with van der Waals surface area (Å²) in [7, 11) is 1.53. The van der Waals surface area contributed by atoms with Crippen molar-refractivity contribution in [2.45, 2.75) is 44.3 Å². The van der Waals surface area contributed by atoms with Crippen LogP contribution in [-0.4, -0.2) is 23.2 Å². The highest BCUT2D eigenvalue weighted by atomic mass is 35.7. The lowest BCUT2D eigenvalue weighted by Crippen LogP contribution is -2.27. The lowest BCUT2D eigenvalue weighted by Gasteiger charge is -2.24. The number of hydrogen-bond acceptors (Lipinski definition) is 4. The van der Waals surface area contributed by atoms with Crippen LogP contribution in [0.5, 0.6) is 0 Å². The predicted octanol–water partition coefficient (Wildman–Crippen LogP) is 2.75. The normalized spacial score (nSPS) is 12.6. The summed E-state index contributed by atoms with van der Waals surface area (Å²) in [5.74, 6) is 0.616. The van der Waals surface area contributed by atoms with Crippen LogP contribution in [0, 0.1) is 0 Å². The Morgan fingerprint density at radius 2 is 1.71 bits per heavy atom. The summed E-state index contributed by atoms with van der Waals surface area (Å²) in [4.78, 5) is 0. The van der Waals surface area contributed by atoms with E-state index in [1.807, 2.05) is 51.1 Å². The second-order valence-electron chi connectivity index (χ2n) is 5.83. The zero-order valence-electron chi connectivity index (χ0n) is 12.2. The lowest BCUT2D eigenvalue weighted by atomic mass is 10.1. The van der Waals surface area contributed by atoms with Crippen LogP contribution in [0.3, 0.4) is 0 Å². The molecule has 1 aromatic carbocycles. The summed E-state index contributed by atoms with van der Waals surface area (Å²) in [5.41, 5.74) is 0.698. The van der Waals surface area contributed by atoms with Crippen LogP contribution in [0.4, 0.5) is 0 Å². The van der Waals surface area contributed by atoms with Gasteiger partial charge in [-0.2, -0.15) is 0 Å². The van der Waals surface area contributed by atoms with Crippen molar-refractivity contribution in [2.24, 2.45) is 0 Å². The van der Waals surface area contributed by atoms with Gasteiger partial charge in [0.2, 0.25) is 0 Å². The molecule has 1 heterocycles. The largest absolute Gasteiger partial charge is 0.296 e. The van der Waals surface area contributed by atoms with Crippen LogP contribution in [0.1, 0.15) is 32.2 Å². The Hall–Kier alpha value is -1.40. The summed E-state index contributed by atoms with van der Waals surface area (Å²) < 4.78 is 24.9. The fraction of sp³-hybridized carbons (Fsp3) is 0.429. The molecule has 0 unspecified atom stereocenters. The van der Waals surface area contributed by atoms with Crippen molar-refractivity contribution in [2.75, 3.05) is 0 Å². The van der Waals surface area contributed by atoms with Gasteiger partial charge in [-0.15, -0.1) is 10.2 Å². The maximum absolute atomic E-state index is 11.6. The van der Waals surface area contributed by atoms with Crippen molar-refractivity contribution in [1.29, 1.82) is 0 Å². The SMILES string of the molecule is CC(C)(C)n1c(CCc2ccccc2)nnc1S(=O)(=O)Cl. The molecule has 21 heavy (non-hydrogen) atoms. The Bertz CT molecular complexity index is 718. The maximum atomic E-state index is 11.6. The van der Waals surface area contributed by atoms with Crippen molar-refractivity contribution in [3.05, 3.63) is 41.7 Å². The standard InChI is InChI=1S/C14H18ClN3O2S/c1-14(2,3)18-12(16-17-13(18)21(15,19)20)10-9-11-7-5-4-6-8-11/h4-8H,9-10H2,1-3H3. The number of aromatic nitrogens is 3. The van der Waals surface area contributed by atoms with Crippen molar-refractivity contribution in [1.82, 2.24) is 14.8 Å². The molecular weight excluding hydrogens is 310 g/mol. The van der Waals surface area contributed by atoms with Gasteiger partial charge in [-0.25, -0.2) is 8.42 Å². The van der Waals surface area contributed by atoms with E-state index in [2.05, 4.69) is 10.2 Å². The third-order valence-corrected chi connectivity index (χ3v) is 4.18. The van der Waals surface area contributed by atoms with Gasteiger partial charge in [-0.05, 0) is 32.8 Å². The topological polar surface area (TPSA) is 64.8 Å². The molecule has 0 bridgehead atoms. The summed E-state index contributed by atoms with van der Waals surface area (Å²) in [5, 5.41) is 7.58. The van der Waals surface area contributed by atoms with Gasteiger partial charge in [0.05, 0.1) is 0 Å². The molecule has 0 saturated carbocycles. The summed E-state index contributed by atoms with van der Waals surface area (Å²) in [6.45, 7) is 5.69. The predicted molar refractivity (Wildman–Crippen MR) is 81.9 cm³/mol. The average molecular weight is 328 g/mol. The minimum Gasteiger partial charge on any atom is -0.295 e. The number of aryl methyl sites for hydroxylation is 2. The van der Waals surface area contributed by atoms with Crippen LogP contribution in [-0.2, 0) is 27.4 Å². The Kier molecular flexibility index (Phi) is 4.39. The zero-order chi connectivity index (χ0) is 15.7. The van der Waals surface area contributed by atoms with E-state index < -0.39 is 14.6 Å². The molecule has 0 radical (unpaired) electrons. The summed E-state index contributed by atoms with van der Waals surface area (Å²) in [6.07, 6.45) is 1.36. The van der Waals surface area contributed by atoms with Gasteiger partial charge in [-0.1, -0.05) is 30.3 Å². The van der Waals surface area contributed by atoms with E-state index in [0.717, 1.165) is 12.0 Å². The van der Waals surface area contributed by atoms with E-state index in [-0.39, 0.29) is 5.16 Å². The van der Waals surface area contributed by atoms with Gasteiger partial charge in [0, 0.05) is 22.6 Å². The molecule has 7 heteroatoms. The first-order valence-corrected chi connectivity index (χ1v) is 8.94. The lowest BCUT2D eigenvalue weighted by molar-refractivity contribution is 0.350. The third-order valence-electron chi connectivity index (χ3n) is 3.07. The highest BCUT2D eigenvalue weighted by Gasteiger charge is 2.29. The molecule has 0 fully saturated rings. The van der Waals surface area contributed by atoms with Gasteiger partial charge in [-0.3, -0.25) is 4.57 Å². The molecule has 2 rings (SSSR count). The molecule has 1 aromatic heterocycles. The van der Waals surface area contributed by atoms with E-state index >= 15 is 0 Å². The van der Waals surface area contributed by atoms with Crippen LogP contribution < -0.4 is 0 Å². The highest BCUT2D eigenvalue weighted by molar-refractivity contribution is 8.13. The summed E-state index contributed by atoms with van der Waals surface area (Å²) >= 11 is 0. The van der Waals surface area contributed by atoms with E-state index in [4.69, 9.17) is 10.7 Å². The highest BCUT2D eigenvalue weighted by Crippen LogP contribution is 2.24. The molecule has 2 aromatic rings. The molecule has 114 valence electrons. The van der Waals surface area contributed by atoms with E-state index in [0.29, 0.717) is 12.2 Å². The molecule has 0 aliphatic rings. The number of benzene rings is 1. The van der Waals surface area contributed by atoms with Gasteiger partial charge < -0.3 is 0 Å². The molecule has 0 aliphatic heterocycles. The Morgan fingerprint density at radius 3 is 2.24 bits per heavy atom. The number of nitrogens with zero attached hydrogens (tertiary/aromatic N) is 3. The van der Waals surface area contributed by atoms with Crippen molar-refractivity contribution < 1.29 is 8.42 Å². The van der Waals surface area contributed by atoms with Crippen LogP contribution >= 0.6 is 10.7 Å². The minimum absolute atomic E-state index is 0.195. The molecule has 0 saturated heterocycles. The van der Waals surface area contributed by atoms with Gasteiger partial charge in [0.1, 0.15) is 5.82 Å². The second kappa shape index (κ2) is 5.77. The van der Waals surface area contributed by atoms with Gasteiger partial charge in [0.25, 0.3) is 14.2 Å². The fourth-order valence-electron chi connectivity index (χ4n) is 2.19. The first kappa shape index (κ1) is 16.0. The molecular formula is C14H18ClN3O2S. The first-order chi connectivity index (χ1) is 9.69. The molecule has 5 nitrogen and oxygen atoms in total. The molecule has 0 N–H and O–H groups in total. The Labute approximate surface area is 129 Å². The average Bonchev–Trinajstić information content (AvgIpc) is 2.81. The molecule has 0 amide bonds. The Balaban J connectivity index is 2.34. The van der Waals surface area contributed by atoms with E-state index in [1.54, 1.807) is 4.57 Å². The van der Waals surface area contributed by atoms with E-state index in [9.17, 15) is 8.42 Å². The monoisotopic (exact) mass is 327 g/mol. The van der Waals surface area contributed by atoms with Crippen LogP contribution in [0.2, 0.25) is 0 Å². The molecule has 0 spiro atoms. The third kappa shape index (κ3) is 3.83. The fourth-order valence-corrected chi connectivity index (χ4v) is 3.23. The first-order valence-electron chi connectivity index (χ1n) is 6.63. The number of halogens is 1. The van der Waals surface area contributed by atoms with Crippen molar-refractivity contribution in [3.63, 3.8) is 0 Å². The quantitative estimate of drug-likeness (QED) is 0.810. The number of hydrogen-bond donors (Lipinski definition) is 0. The van der Waals surface area contributed by atoms with Crippen LogP contribution in [0.25, 0.3) is 0 Å². The number of rotatable bonds is 4. The van der Waals surface area contributed by atoms with Gasteiger partial charge in [0.15, 0.2) is 0 Å². The van der Waals surface area contributed by atoms with E-state index in [1.165, 1.54) is 0 Å². The van der Waals surface area contributed by atoms with Crippen LogP contribution in [0.15, 0.2) is 35.5 Å².